The van der Waals surface area contributed by atoms with E-state index in [-0.39, 0.29) is 5.82 Å². The van der Waals surface area contributed by atoms with Crippen molar-refractivity contribution in [3.05, 3.63) is 89.7 Å². The van der Waals surface area contributed by atoms with Crippen molar-refractivity contribution in [2.75, 3.05) is 12.8 Å². The van der Waals surface area contributed by atoms with Crippen LogP contribution >= 0.6 is 7.82 Å². The van der Waals surface area contributed by atoms with Crippen LogP contribution in [0.5, 0.6) is 11.5 Å². The van der Waals surface area contributed by atoms with Gasteiger partial charge >= 0.3 is 7.82 Å². The first-order valence-electron chi connectivity index (χ1n) is 10.6. The molecule has 0 atom stereocenters. The van der Waals surface area contributed by atoms with E-state index in [2.05, 4.69) is 9.68 Å². The lowest BCUT2D eigenvalue weighted by Gasteiger charge is -2.08. The summed E-state index contributed by atoms with van der Waals surface area (Å²) in [5, 5.41) is 4.12. The summed E-state index contributed by atoms with van der Waals surface area (Å²) in [7, 11) is -2.99. The summed E-state index contributed by atoms with van der Waals surface area (Å²) in [6, 6.07) is 20.6. The minimum Gasteiger partial charge on any atom is -0.497 e. The fraction of sp³-hybridized carbons (Fsp3) is 0.167. The van der Waals surface area contributed by atoms with E-state index in [0.717, 1.165) is 22.6 Å². The van der Waals surface area contributed by atoms with E-state index in [0.29, 0.717) is 30.0 Å². The fourth-order valence-electron chi connectivity index (χ4n) is 3.35. The van der Waals surface area contributed by atoms with Gasteiger partial charge in [-0.2, -0.15) is 0 Å². The second-order valence-corrected chi connectivity index (χ2v) is 8.90. The number of phosphoric acid groups is 1. The average molecular weight is 498 g/mol. The Labute approximate surface area is 201 Å². The van der Waals surface area contributed by atoms with Gasteiger partial charge in [0.05, 0.1) is 19.0 Å². The van der Waals surface area contributed by atoms with Crippen molar-refractivity contribution < 1.29 is 37.4 Å². The summed E-state index contributed by atoms with van der Waals surface area (Å²) < 4.78 is 33.3. The maximum Gasteiger partial charge on any atom is 0.472 e. The molecule has 0 radical (unpaired) electrons. The van der Waals surface area contributed by atoms with Crippen molar-refractivity contribution in [2.45, 2.75) is 19.8 Å². The second-order valence-electron chi connectivity index (χ2n) is 7.67. The van der Waals surface area contributed by atoms with Gasteiger partial charge in [0.15, 0.2) is 5.76 Å². The molecular formula is C24H25N3O7P+. The first-order chi connectivity index (χ1) is 16.8. The summed E-state index contributed by atoms with van der Waals surface area (Å²) >= 11 is 0. The number of aromatic nitrogens is 2. The largest absolute Gasteiger partial charge is 0.497 e. The van der Waals surface area contributed by atoms with Crippen molar-refractivity contribution in [3.63, 3.8) is 0 Å². The van der Waals surface area contributed by atoms with Crippen molar-refractivity contribution in [3.8, 4) is 22.8 Å². The van der Waals surface area contributed by atoms with E-state index < -0.39 is 14.6 Å². The Morgan fingerprint density at radius 3 is 2.40 bits per heavy atom. The highest BCUT2D eigenvalue weighted by molar-refractivity contribution is 7.46. The molecule has 182 valence electrons. The first-order valence-corrected chi connectivity index (χ1v) is 12.1. The van der Waals surface area contributed by atoms with Gasteiger partial charge in [-0.15, -0.1) is 0 Å². The smallest absolute Gasteiger partial charge is 0.472 e. The summed E-state index contributed by atoms with van der Waals surface area (Å²) in [5.74, 6) is 2.21. The van der Waals surface area contributed by atoms with Gasteiger partial charge in [0.2, 0.25) is 6.73 Å². The number of benzene rings is 2. The molecule has 10 nitrogen and oxygen atoms in total. The summed E-state index contributed by atoms with van der Waals surface area (Å²) in [4.78, 5) is 17.8. The van der Waals surface area contributed by atoms with Gasteiger partial charge in [0, 0.05) is 12.5 Å². The Balaban J connectivity index is 1.37. The van der Waals surface area contributed by atoms with Crippen LogP contribution in [0, 0.1) is 0 Å². The molecule has 0 spiro atoms. The number of ether oxygens (including phenoxy) is 2. The zero-order chi connectivity index (χ0) is 24.8. The van der Waals surface area contributed by atoms with Crippen LogP contribution in [0.2, 0.25) is 0 Å². The minimum absolute atomic E-state index is 0.224. The molecule has 2 aromatic carbocycles. The van der Waals surface area contributed by atoms with Crippen LogP contribution in [0.15, 0.2) is 77.4 Å². The minimum atomic E-state index is -4.63. The molecule has 0 aliphatic rings. The Bertz CT molecular complexity index is 1320. The highest BCUT2D eigenvalue weighted by Gasteiger charge is 2.20. The number of phosphoric ester groups is 1. The summed E-state index contributed by atoms with van der Waals surface area (Å²) in [6.07, 6.45) is 2.08. The molecule has 0 aliphatic heterocycles. The molecule has 4 N–H and O–H groups in total. The Morgan fingerprint density at radius 2 is 1.71 bits per heavy atom. The Hall–Kier alpha value is -3.69. The molecule has 0 fully saturated rings. The predicted octanol–water partition coefficient (Wildman–Crippen LogP) is 3.46. The van der Waals surface area contributed by atoms with Crippen molar-refractivity contribution in [1.82, 2.24) is 5.16 Å². The number of anilines is 1. The normalized spacial score (nSPS) is 11.4. The molecule has 0 bridgehead atoms. The molecule has 0 amide bonds. The third-order valence-corrected chi connectivity index (χ3v) is 5.63. The predicted molar refractivity (Wildman–Crippen MR) is 126 cm³/mol. The van der Waals surface area contributed by atoms with Crippen LogP contribution in [0.1, 0.15) is 16.8 Å². The van der Waals surface area contributed by atoms with E-state index in [1.54, 1.807) is 31.5 Å². The molecule has 0 saturated heterocycles. The SMILES string of the molecule is COc1ccc(COc2ccc(Cc3cc(-c4ccc[n+](COP(=O)(O)O)c4N)on3)cc2)cc1. The molecule has 2 aromatic heterocycles. The topological polar surface area (TPSA) is 141 Å². The van der Waals surface area contributed by atoms with Gasteiger partial charge in [-0.1, -0.05) is 29.4 Å². The molecule has 0 aliphatic carbocycles. The van der Waals surface area contributed by atoms with Gasteiger partial charge in [-0.05, 0) is 47.5 Å². The lowest BCUT2D eigenvalue weighted by molar-refractivity contribution is -0.711. The van der Waals surface area contributed by atoms with Gasteiger partial charge in [0.25, 0.3) is 5.82 Å². The number of hydrogen-bond donors (Lipinski definition) is 3. The highest BCUT2D eigenvalue weighted by atomic mass is 31.2. The number of nitrogens with two attached hydrogens (primary N) is 1. The number of rotatable bonds is 10. The molecule has 0 saturated carbocycles. The third-order valence-electron chi connectivity index (χ3n) is 5.18. The molecule has 0 unspecified atom stereocenters. The fourth-order valence-corrected chi connectivity index (χ4v) is 3.62. The van der Waals surface area contributed by atoms with Crippen molar-refractivity contribution in [1.29, 1.82) is 0 Å². The number of hydrogen-bond acceptors (Lipinski definition) is 7. The maximum atomic E-state index is 11.0. The summed E-state index contributed by atoms with van der Waals surface area (Å²) in [6.45, 7) is 0.0471. The van der Waals surface area contributed by atoms with E-state index >= 15 is 0 Å². The quantitative estimate of drug-likeness (QED) is 0.221. The number of nitrogens with zero attached hydrogens (tertiary/aromatic N) is 2. The van der Waals surface area contributed by atoms with Gasteiger partial charge in [0.1, 0.15) is 23.7 Å². The standard InChI is InChI=1S/C24H24N3O7P/c1-31-20-8-6-18(7-9-20)15-32-21-10-4-17(5-11-21)13-19-14-23(34-26-19)22-3-2-12-27(24(22)25)16-33-35(28,29)30/h2-12,14,25H,13,15-16H2,1H3,(H2,28,29,30)/p+1. The van der Waals surface area contributed by atoms with Crippen LogP contribution in [-0.4, -0.2) is 22.1 Å². The Kier molecular flexibility index (Phi) is 7.48. The maximum absolute atomic E-state index is 11.0. The zero-order valence-corrected chi connectivity index (χ0v) is 19.8. The molecule has 11 heteroatoms. The molecule has 4 aromatic rings. The van der Waals surface area contributed by atoms with Crippen molar-refractivity contribution >= 4 is 13.6 Å². The lowest BCUT2D eigenvalue weighted by Crippen LogP contribution is -2.38. The number of methoxy groups -OCH3 is 1. The van der Waals surface area contributed by atoms with Gasteiger partial charge < -0.3 is 23.8 Å². The van der Waals surface area contributed by atoms with Gasteiger partial charge in [-0.3, -0.25) is 5.73 Å². The van der Waals surface area contributed by atoms with E-state index in [1.165, 1.54) is 4.57 Å². The first kappa shape index (κ1) is 24.4. The molecule has 35 heavy (non-hydrogen) atoms. The van der Waals surface area contributed by atoms with Gasteiger partial charge in [-0.25, -0.2) is 13.7 Å². The second kappa shape index (κ2) is 10.7. The van der Waals surface area contributed by atoms with Crippen LogP contribution < -0.4 is 19.8 Å². The van der Waals surface area contributed by atoms with Crippen LogP contribution in [0.4, 0.5) is 5.82 Å². The van der Waals surface area contributed by atoms with Crippen LogP contribution in [-0.2, 0) is 28.8 Å². The van der Waals surface area contributed by atoms with E-state index in [1.807, 2.05) is 48.5 Å². The summed E-state index contributed by atoms with van der Waals surface area (Å²) in [5.41, 5.74) is 9.43. The van der Waals surface area contributed by atoms with E-state index in [4.69, 9.17) is 29.5 Å². The molecular weight excluding hydrogens is 473 g/mol. The van der Waals surface area contributed by atoms with Crippen LogP contribution in [0.3, 0.4) is 0 Å². The highest BCUT2D eigenvalue weighted by Crippen LogP contribution is 2.35. The number of pyridine rings is 1. The Morgan fingerprint density at radius 1 is 1.03 bits per heavy atom. The lowest BCUT2D eigenvalue weighted by atomic mass is 10.1. The zero-order valence-electron chi connectivity index (χ0n) is 18.9. The van der Waals surface area contributed by atoms with Crippen molar-refractivity contribution in [2.24, 2.45) is 0 Å². The molecule has 4 rings (SSSR count). The van der Waals surface area contributed by atoms with E-state index in [9.17, 15) is 4.57 Å². The average Bonchev–Trinajstić information content (AvgIpc) is 3.31. The third kappa shape index (κ3) is 6.68. The molecule has 2 heterocycles. The number of nitrogen functional groups attached to an aromatic ring is 1. The van der Waals surface area contributed by atoms with Crippen LogP contribution in [0.25, 0.3) is 11.3 Å². The monoisotopic (exact) mass is 498 g/mol.